The van der Waals surface area contributed by atoms with E-state index >= 15 is 0 Å². The van der Waals surface area contributed by atoms with Crippen LogP contribution < -0.4 is 14.8 Å². The third-order valence-corrected chi connectivity index (χ3v) is 4.34. The highest BCUT2D eigenvalue weighted by atomic mass is 79.9. The summed E-state index contributed by atoms with van der Waals surface area (Å²) in [4.78, 5) is 13.9. The number of nitrogens with one attached hydrogen (secondary N) is 1. The molecule has 2 aromatic carbocycles. The van der Waals surface area contributed by atoms with Gasteiger partial charge < -0.3 is 19.7 Å². The molecule has 0 aromatic heterocycles. The van der Waals surface area contributed by atoms with Crippen LogP contribution in [0.25, 0.3) is 0 Å². The summed E-state index contributed by atoms with van der Waals surface area (Å²) < 4.78 is 11.4. The number of ether oxygens (including phenoxy) is 2. The number of carbonyl (C=O) groups is 1. The van der Waals surface area contributed by atoms with E-state index in [4.69, 9.17) is 9.47 Å². The van der Waals surface area contributed by atoms with Crippen molar-refractivity contribution in [1.29, 1.82) is 0 Å². The Balaban J connectivity index is 1.94. The van der Waals surface area contributed by atoms with Crippen LogP contribution in [0.15, 0.2) is 46.9 Å². The average molecular weight is 393 g/mol. The summed E-state index contributed by atoms with van der Waals surface area (Å²) >= 11 is 3.42. The molecule has 0 saturated heterocycles. The zero-order chi connectivity index (χ0) is 17.5. The van der Waals surface area contributed by atoms with Gasteiger partial charge in [0.2, 0.25) is 0 Å². The molecule has 2 aromatic rings. The minimum atomic E-state index is -0.151. The fourth-order valence-corrected chi connectivity index (χ4v) is 2.59. The van der Waals surface area contributed by atoms with Gasteiger partial charge in [-0.05, 0) is 52.2 Å². The fraction of sp³-hybridized carbons (Fsp3) is 0.278. The van der Waals surface area contributed by atoms with Crippen molar-refractivity contribution in [3.63, 3.8) is 0 Å². The highest BCUT2D eigenvalue weighted by molar-refractivity contribution is 9.10. The SMILES string of the molecule is COc1ccc(CCN(C)C(=O)Nc2ccccc2Br)cc1OC. The zero-order valence-electron chi connectivity index (χ0n) is 14.0. The van der Waals surface area contributed by atoms with Crippen LogP contribution >= 0.6 is 15.9 Å². The van der Waals surface area contributed by atoms with E-state index < -0.39 is 0 Å². The van der Waals surface area contributed by atoms with Gasteiger partial charge >= 0.3 is 6.03 Å². The molecule has 0 atom stereocenters. The van der Waals surface area contributed by atoms with E-state index in [0.29, 0.717) is 18.0 Å². The number of carbonyl (C=O) groups excluding carboxylic acids is 1. The van der Waals surface area contributed by atoms with Crippen molar-refractivity contribution in [2.45, 2.75) is 6.42 Å². The summed E-state index contributed by atoms with van der Waals surface area (Å²) in [5, 5.41) is 2.88. The summed E-state index contributed by atoms with van der Waals surface area (Å²) in [5.74, 6) is 1.39. The molecule has 128 valence electrons. The van der Waals surface area contributed by atoms with Crippen LogP contribution in [0.2, 0.25) is 0 Å². The molecule has 0 aliphatic rings. The van der Waals surface area contributed by atoms with E-state index in [1.807, 2.05) is 42.5 Å². The Bertz CT molecular complexity index is 706. The first-order chi connectivity index (χ1) is 11.5. The molecule has 0 aliphatic carbocycles. The lowest BCUT2D eigenvalue weighted by atomic mass is 10.1. The Kier molecular flexibility index (Phi) is 6.49. The molecule has 6 heteroatoms. The summed E-state index contributed by atoms with van der Waals surface area (Å²) in [6, 6.07) is 13.1. The van der Waals surface area contributed by atoms with E-state index in [1.165, 1.54) is 0 Å². The van der Waals surface area contributed by atoms with Crippen LogP contribution in [-0.2, 0) is 6.42 Å². The molecule has 0 aliphatic heterocycles. The third kappa shape index (κ3) is 4.64. The maximum atomic E-state index is 12.3. The molecule has 0 spiro atoms. The predicted octanol–water partition coefficient (Wildman–Crippen LogP) is 4.17. The van der Waals surface area contributed by atoms with Crippen LogP contribution in [-0.4, -0.2) is 38.7 Å². The molecule has 2 rings (SSSR count). The van der Waals surface area contributed by atoms with Gasteiger partial charge in [0.25, 0.3) is 0 Å². The zero-order valence-corrected chi connectivity index (χ0v) is 15.6. The van der Waals surface area contributed by atoms with Gasteiger partial charge in [0, 0.05) is 18.1 Å². The van der Waals surface area contributed by atoms with E-state index in [2.05, 4.69) is 21.2 Å². The molecule has 0 unspecified atom stereocenters. The monoisotopic (exact) mass is 392 g/mol. The maximum absolute atomic E-state index is 12.3. The minimum Gasteiger partial charge on any atom is -0.493 e. The van der Waals surface area contributed by atoms with Gasteiger partial charge in [-0.15, -0.1) is 0 Å². The van der Waals surface area contributed by atoms with Crippen LogP contribution in [0.4, 0.5) is 10.5 Å². The number of methoxy groups -OCH3 is 2. The fourth-order valence-electron chi connectivity index (χ4n) is 2.21. The van der Waals surface area contributed by atoms with E-state index in [0.717, 1.165) is 22.1 Å². The van der Waals surface area contributed by atoms with Gasteiger partial charge in [0.05, 0.1) is 19.9 Å². The molecule has 0 radical (unpaired) electrons. The first-order valence-corrected chi connectivity index (χ1v) is 8.32. The third-order valence-electron chi connectivity index (χ3n) is 3.65. The molecule has 2 amide bonds. The molecule has 0 saturated carbocycles. The van der Waals surface area contributed by atoms with Crippen molar-refractivity contribution in [1.82, 2.24) is 4.90 Å². The van der Waals surface area contributed by atoms with Crippen molar-refractivity contribution in [2.24, 2.45) is 0 Å². The van der Waals surface area contributed by atoms with Crippen molar-refractivity contribution >= 4 is 27.6 Å². The Labute approximate surface area is 150 Å². The summed E-state index contributed by atoms with van der Waals surface area (Å²) in [6.07, 6.45) is 0.722. The van der Waals surface area contributed by atoms with Gasteiger partial charge in [-0.2, -0.15) is 0 Å². The lowest BCUT2D eigenvalue weighted by Crippen LogP contribution is -2.33. The second-order valence-electron chi connectivity index (χ2n) is 5.27. The number of hydrogen-bond donors (Lipinski definition) is 1. The number of para-hydroxylation sites is 1. The second kappa shape index (κ2) is 8.59. The molecule has 5 nitrogen and oxygen atoms in total. The number of nitrogens with zero attached hydrogens (tertiary/aromatic N) is 1. The van der Waals surface area contributed by atoms with Crippen LogP contribution in [0.1, 0.15) is 5.56 Å². The van der Waals surface area contributed by atoms with Gasteiger partial charge in [-0.1, -0.05) is 18.2 Å². The molecule has 1 N–H and O–H groups in total. The quantitative estimate of drug-likeness (QED) is 0.802. The van der Waals surface area contributed by atoms with E-state index in [9.17, 15) is 4.79 Å². The number of anilines is 1. The normalized spacial score (nSPS) is 10.2. The number of urea groups is 1. The van der Waals surface area contributed by atoms with Gasteiger partial charge in [0.1, 0.15) is 0 Å². The molecule has 24 heavy (non-hydrogen) atoms. The number of likely N-dealkylation sites (N-methyl/N-ethyl adjacent to an activating group) is 1. The molecule has 0 bridgehead atoms. The van der Waals surface area contributed by atoms with Gasteiger partial charge in [0.15, 0.2) is 11.5 Å². The topological polar surface area (TPSA) is 50.8 Å². The first-order valence-electron chi connectivity index (χ1n) is 7.52. The van der Waals surface area contributed by atoms with E-state index in [-0.39, 0.29) is 6.03 Å². The first kappa shape index (κ1) is 18.1. The van der Waals surface area contributed by atoms with Crippen molar-refractivity contribution in [3.8, 4) is 11.5 Å². The van der Waals surface area contributed by atoms with Crippen LogP contribution in [0, 0.1) is 0 Å². The van der Waals surface area contributed by atoms with Crippen LogP contribution in [0.3, 0.4) is 0 Å². The minimum absolute atomic E-state index is 0.151. The highest BCUT2D eigenvalue weighted by Crippen LogP contribution is 2.27. The smallest absolute Gasteiger partial charge is 0.321 e. The van der Waals surface area contributed by atoms with Gasteiger partial charge in [-0.3, -0.25) is 0 Å². The molecule has 0 heterocycles. The Morgan fingerprint density at radius 1 is 1.12 bits per heavy atom. The number of halogens is 1. The highest BCUT2D eigenvalue weighted by Gasteiger charge is 2.11. The van der Waals surface area contributed by atoms with Crippen molar-refractivity contribution in [3.05, 3.63) is 52.5 Å². The Morgan fingerprint density at radius 3 is 2.50 bits per heavy atom. The summed E-state index contributed by atoms with van der Waals surface area (Å²) in [5.41, 5.74) is 1.83. The predicted molar refractivity (Wildman–Crippen MR) is 99.0 cm³/mol. The Hall–Kier alpha value is -2.21. The maximum Gasteiger partial charge on any atom is 0.321 e. The van der Waals surface area contributed by atoms with Crippen LogP contribution in [0.5, 0.6) is 11.5 Å². The summed E-state index contributed by atoms with van der Waals surface area (Å²) in [6.45, 7) is 0.589. The lowest BCUT2D eigenvalue weighted by Gasteiger charge is -2.19. The summed E-state index contributed by atoms with van der Waals surface area (Å²) in [7, 11) is 4.99. The van der Waals surface area contributed by atoms with E-state index in [1.54, 1.807) is 26.2 Å². The number of hydrogen-bond acceptors (Lipinski definition) is 3. The largest absolute Gasteiger partial charge is 0.493 e. The molecule has 0 fully saturated rings. The van der Waals surface area contributed by atoms with Crippen molar-refractivity contribution in [2.75, 3.05) is 33.1 Å². The average Bonchev–Trinajstić information content (AvgIpc) is 2.61. The number of amides is 2. The molecular formula is C18H21BrN2O3. The number of rotatable bonds is 6. The lowest BCUT2D eigenvalue weighted by molar-refractivity contribution is 0.223. The number of benzene rings is 2. The Morgan fingerprint density at radius 2 is 1.83 bits per heavy atom. The second-order valence-corrected chi connectivity index (χ2v) is 6.13. The standard InChI is InChI=1S/C18H21BrN2O3/c1-21(18(22)20-15-7-5-4-6-14(15)19)11-10-13-8-9-16(23-2)17(12-13)24-3/h4-9,12H,10-11H2,1-3H3,(H,20,22). The van der Waals surface area contributed by atoms with Crippen molar-refractivity contribution < 1.29 is 14.3 Å². The molecular weight excluding hydrogens is 372 g/mol. The van der Waals surface area contributed by atoms with Gasteiger partial charge in [-0.25, -0.2) is 4.79 Å².